The lowest BCUT2D eigenvalue weighted by Gasteiger charge is -2.13. The summed E-state index contributed by atoms with van der Waals surface area (Å²) in [5.41, 5.74) is 1.60. The van der Waals surface area contributed by atoms with Gasteiger partial charge in [-0.1, -0.05) is 35.9 Å². The summed E-state index contributed by atoms with van der Waals surface area (Å²) in [5.74, 6) is -1.83. The van der Waals surface area contributed by atoms with Crippen LogP contribution in [-0.2, 0) is 9.59 Å². The van der Waals surface area contributed by atoms with E-state index in [2.05, 4.69) is 10.6 Å². The number of amides is 2. The molecule has 1 aromatic heterocycles. The van der Waals surface area contributed by atoms with Gasteiger partial charge in [-0.25, -0.2) is 4.39 Å². The van der Waals surface area contributed by atoms with Crippen LogP contribution in [-0.4, -0.2) is 23.5 Å². The predicted octanol–water partition coefficient (Wildman–Crippen LogP) is 3.53. The Morgan fingerprint density at radius 1 is 1.11 bits per heavy atom. The van der Waals surface area contributed by atoms with Crippen LogP contribution in [0.2, 0.25) is 5.02 Å². The first-order valence-corrected chi connectivity index (χ1v) is 8.68. The summed E-state index contributed by atoms with van der Waals surface area (Å²) >= 11 is 5.63. The fourth-order valence-electron chi connectivity index (χ4n) is 2.46. The fourth-order valence-corrected chi connectivity index (χ4v) is 2.64. The molecule has 144 valence electrons. The monoisotopic (exact) mass is 402 g/mol. The third kappa shape index (κ3) is 4.76. The molecule has 0 bridgehead atoms. The Morgan fingerprint density at radius 3 is 2.50 bits per heavy atom. The number of benzene rings is 2. The number of nitrogens with one attached hydrogen (secondary N) is 2. The zero-order valence-corrected chi connectivity index (χ0v) is 15.2. The molecule has 2 aromatic carbocycles. The van der Waals surface area contributed by atoms with Gasteiger partial charge in [-0.2, -0.15) is 0 Å². The van der Waals surface area contributed by atoms with Gasteiger partial charge in [0, 0.05) is 17.8 Å². The largest absolute Gasteiger partial charge is 0.464 e. The van der Waals surface area contributed by atoms with E-state index in [1.807, 2.05) is 6.07 Å². The first kappa shape index (κ1) is 19.6. The van der Waals surface area contributed by atoms with Crippen LogP contribution in [0.15, 0.2) is 65.3 Å². The second-order valence-electron chi connectivity index (χ2n) is 5.91. The third-order valence-corrected chi connectivity index (χ3v) is 4.23. The molecule has 0 fully saturated rings. The topological polar surface area (TPSA) is 91.6 Å². The van der Waals surface area contributed by atoms with E-state index in [1.165, 1.54) is 12.1 Å². The molecular formula is C20H16ClFN2O4. The maximum Gasteiger partial charge on any atom is 0.313 e. The number of hydrogen-bond acceptors (Lipinski definition) is 4. The lowest BCUT2D eigenvalue weighted by molar-refractivity contribution is -0.136. The molecule has 0 saturated carbocycles. The fraction of sp³-hybridized carbons (Fsp3) is 0.100. The van der Waals surface area contributed by atoms with Crippen molar-refractivity contribution in [1.29, 1.82) is 0 Å². The Labute approximate surface area is 164 Å². The Hall–Kier alpha value is -3.16. The van der Waals surface area contributed by atoms with Crippen molar-refractivity contribution in [2.45, 2.75) is 6.10 Å². The summed E-state index contributed by atoms with van der Waals surface area (Å²) in [6, 6.07) is 14.1. The quantitative estimate of drug-likeness (QED) is 0.569. The summed E-state index contributed by atoms with van der Waals surface area (Å²) in [6.45, 7) is -0.156. The van der Waals surface area contributed by atoms with Crippen molar-refractivity contribution in [1.82, 2.24) is 5.32 Å². The van der Waals surface area contributed by atoms with Crippen molar-refractivity contribution in [3.05, 3.63) is 77.3 Å². The molecule has 0 radical (unpaired) electrons. The van der Waals surface area contributed by atoms with Gasteiger partial charge in [0.15, 0.2) is 0 Å². The number of carbonyl (C=O) groups is 2. The maximum atomic E-state index is 13.1. The van der Waals surface area contributed by atoms with Crippen LogP contribution in [0.3, 0.4) is 0 Å². The SMILES string of the molecule is O=C(NC[C@@H](O)c1ccc(-c2ccco2)cc1)C(=O)Nc1ccc(F)c(Cl)c1. The van der Waals surface area contributed by atoms with Crippen LogP contribution in [0.1, 0.15) is 11.7 Å². The van der Waals surface area contributed by atoms with E-state index in [-0.39, 0.29) is 17.3 Å². The minimum absolute atomic E-state index is 0.156. The molecule has 0 unspecified atom stereocenters. The highest BCUT2D eigenvalue weighted by molar-refractivity contribution is 6.39. The van der Waals surface area contributed by atoms with E-state index in [4.69, 9.17) is 16.0 Å². The number of aliphatic hydroxyl groups excluding tert-OH is 1. The van der Waals surface area contributed by atoms with Crippen LogP contribution in [0.4, 0.5) is 10.1 Å². The highest BCUT2D eigenvalue weighted by Gasteiger charge is 2.16. The summed E-state index contributed by atoms with van der Waals surface area (Å²) in [6.07, 6.45) is 0.570. The zero-order chi connectivity index (χ0) is 20.1. The number of carbonyl (C=O) groups excluding carboxylic acids is 2. The first-order chi connectivity index (χ1) is 13.4. The summed E-state index contributed by atoms with van der Waals surface area (Å²) in [4.78, 5) is 23.8. The average Bonchev–Trinajstić information content (AvgIpc) is 3.23. The maximum absolute atomic E-state index is 13.1. The molecule has 6 nitrogen and oxygen atoms in total. The molecule has 0 saturated heterocycles. The Balaban J connectivity index is 1.53. The first-order valence-electron chi connectivity index (χ1n) is 8.30. The summed E-state index contributed by atoms with van der Waals surface area (Å²) in [7, 11) is 0. The van der Waals surface area contributed by atoms with Crippen LogP contribution >= 0.6 is 11.6 Å². The third-order valence-electron chi connectivity index (χ3n) is 3.94. The molecule has 1 atom stereocenters. The van der Waals surface area contributed by atoms with Gasteiger partial charge >= 0.3 is 11.8 Å². The van der Waals surface area contributed by atoms with E-state index < -0.39 is 23.7 Å². The molecule has 8 heteroatoms. The predicted molar refractivity (Wildman–Crippen MR) is 102 cm³/mol. The molecule has 3 N–H and O–H groups in total. The molecule has 0 spiro atoms. The molecule has 0 aliphatic rings. The molecule has 3 aromatic rings. The number of aliphatic hydroxyl groups is 1. The summed E-state index contributed by atoms with van der Waals surface area (Å²) < 4.78 is 18.4. The minimum Gasteiger partial charge on any atom is -0.464 e. The van der Waals surface area contributed by atoms with Gasteiger partial charge in [0.2, 0.25) is 0 Å². The highest BCUT2D eigenvalue weighted by Crippen LogP contribution is 2.22. The number of halogens is 2. The van der Waals surface area contributed by atoms with Gasteiger partial charge in [0.05, 0.1) is 17.4 Å². The Kier molecular flexibility index (Phi) is 6.08. The van der Waals surface area contributed by atoms with Gasteiger partial charge in [0.1, 0.15) is 11.6 Å². The van der Waals surface area contributed by atoms with E-state index in [9.17, 15) is 19.1 Å². The van der Waals surface area contributed by atoms with Crippen LogP contribution in [0.25, 0.3) is 11.3 Å². The number of anilines is 1. The van der Waals surface area contributed by atoms with Crippen molar-refractivity contribution in [3.63, 3.8) is 0 Å². The lowest BCUT2D eigenvalue weighted by atomic mass is 10.1. The van der Waals surface area contributed by atoms with E-state index in [1.54, 1.807) is 36.6 Å². The molecule has 0 aliphatic heterocycles. The van der Waals surface area contributed by atoms with Crippen molar-refractivity contribution >= 4 is 29.1 Å². The number of rotatable bonds is 5. The van der Waals surface area contributed by atoms with Crippen LogP contribution in [0.5, 0.6) is 0 Å². The number of hydrogen-bond donors (Lipinski definition) is 3. The van der Waals surface area contributed by atoms with Gasteiger partial charge in [-0.3, -0.25) is 9.59 Å². The second-order valence-corrected chi connectivity index (χ2v) is 6.32. The van der Waals surface area contributed by atoms with Crippen LogP contribution < -0.4 is 10.6 Å². The minimum atomic E-state index is -0.998. The normalized spacial score (nSPS) is 11.7. The highest BCUT2D eigenvalue weighted by atomic mass is 35.5. The van der Waals surface area contributed by atoms with Gasteiger partial charge in [0.25, 0.3) is 0 Å². The van der Waals surface area contributed by atoms with E-state index >= 15 is 0 Å². The standard InChI is InChI=1S/C20H16ClFN2O4/c21-15-10-14(7-8-16(15)22)24-20(27)19(26)23-11-17(25)12-3-5-13(6-4-12)18-2-1-9-28-18/h1-10,17,25H,11H2,(H,23,26)(H,24,27)/t17-/m1/s1. The molecule has 2 amide bonds. The zero-order valence-electron chi connectivity index (χ0n) is 14.5. The smallest absolute Gasteiger partial charge is 0.313 e. The average molecular weight is 403 g/mol. The Morgan fingerprint density at radius 2 is 1.86 bits per heavy atom. The molecule has 3 rings (SSSR count). The molecule has 28 heavy (non-hydrogen) atoms. The summed E-state index contributed by atoms with van der Waals surface area (Å²) in [5, 5.41) is 14.7. The number of furan rings is 1. The van der Waals surface area contributed by atoms with Crippen LogP contribution in [0, 0.1) is 5.82 Å². The van der Waals surface area contributed by atoms with Crippen molar-refractivity contribution in [2.24, 2.45) is 0 Å². The van der Waals surface area contributed by atoms with Crippen molar-refractivity contribution in [3.8, 4) is 11.3 Å². The molecule has 0 aliphatic carbocycles. The molecule has 1 heterocycles. The Bertz CT molecular complexity index is 974. The second kappa shape index (κ2) is 8.69. The molecular weight excluding hydrogens is 387 g/mol. The van der Waals surface area contributed by atoms with E-state index in [0.29, 0.717) is 11.3 Å². The lowest BCUT2D eigenvalue weighted by Crippen LogP contribution is -2.37. The van der Waals surface area contributed by atoms with Gasteiger partial charge < -0.3 is 20.2 Å². The van der Waals surface area contributed by atoms with Gasteiger partial charge in [-0.05, 0) is 35.9 Å². The van der Waals surface area contributed by atoms with E-state index in [0.717, 1.165) is 11.6 Å². The van der Waals surface area contributed by atoms with Crippen molar-refractivity contribution < 1.29 is 23.5 Å². The van der Waals surface area contributed by atoms with Gasteiger partial charge in [-0.15, -0.1) is 0 Å². The van der Waals surface area contributed by atoms with Crippen molar-refractivity contribution in [2.75, 3.05) is 11.9 Å².